The molecule has 1 aliphatic rings. The van der Waals surface area contributed by atoms with Crippen molar-refractivity contribution < 1.29 is 0 Å². The van der Waals surface area contributed by atoms with Gasteiger partial charge in [-0.3, -0.25) is 0 Å². The van der Waals surface area contributed by atoms with Crippen LogP contribution in [0.25, 0.3) is 0 Å². The van der Waals surface area contributed by atoms with Gasteiger partial charge in [0.1, 0.15) is 18.2 Å². The van der Waals surface area contributed by atoms with E-state index in [0.29, 0.717) is 0 Å². The van der Waals surface area contributed by atoms with Gasteiger partial charge in [0.05, 0.1) is 11.3 Å². The summed E-state index contributed by atoms with van der Waals surface area (Å²) in [5.41, 5.74) is 8.58. The van der Waals surface area contributed by atoms with E-state index in [4.69, 9.17) is 16.3 Å². The number of fused-ring (bicyclic) bond motifs is 1. The number of hydrogen-bond donors (Lipinski definition) is 1. The third kappa shape index (κ3) is 2.62. The average molecular weight is 315 g/mol. The number of rotatable bonds is 2. The van der Waals surface area contributed by atoms with Crippen molar-refractivity contribution in [3.8, 4) is 18.2 Å². The van der Waals surface area contributed by atoms with E-state index in [-0.39, 0.29) is 22.3 Å². The van der Waals surface area contributed by atoms with Crippen LogP contribution in [0.1, 0.15) is 19.4 Å². The van der Waals surface area contributed by atoms with Crippen molar-refractivity contribution in [1.82, 2.24) is 0 Å². The minimum atomic E-state index is -0.261. The molecule has 0 saturated carbocycles. The Labute approximate surface area is 141 Å². The molecule has 0 aromatic heterocycles. The summed E-state index contributed by atoms with van der Waals surface area (Å²) < 4.78 is 0. The van der Waals surface area contributed by atoms with E-state index in [2.05, 4.69) is 24.8 Å². The molecule has 24 heavy (non-hydrogen) atoms. The highest BCUT2D eigenvalue weighted by atomic mass is 15.2. The monoisotopic (exact) mass is 315 g/mol. The van der Waals surface area contributed by atoms with Gasteiger partial charge in [0.2, 0.25) is 0 Å². The number of likely N-dealkylation sites (N-methyl/N-ethyl adjacent to an activating group) is 1. The Morgan fingerprint density at radius 1 is 1.12 bits per heavy atom. The zero-order valence-electron chi connectivity index (χ0n) is 13.8. The van der Waals surface area contributed by atoms with Gasteiger partial charge in [0.15, 0.2) is 5.57 Å². The zero-order valence-corrected chi connectivity index (χ0v) is 13.8. The maximum Gasteiger partial charge on any atom is 0.153 e. The maximum atomic E-state index is 9.29. The topological polar surface area (TPSA) is 101 Å². The highest BCUT2D eigenvalue weighted by Gasteiger charge is 2.37. The highest BCUT2D eigenvalue weighted by molar-refractivity contribution is 5.70. The number of allylic oxidation sites excluding steroid dienone is 5. The number of nitriles is 3. The minimum Gasteiger partial charge on any atom is -0.396 e. The van der Waals surface area contributed by atoms with Crippen LogP contribution in [0.5, 0.6) is 0 Å². The summed E-state index contributed by atoms with van der Waals surface area (Å²) in [5, 5.41) is 27.1. The molecule has 118 valence electrons. The smallest absolute Gasteiger partial charge is 0.153 e. The van der Waals surface area contributed by atoms with E-state index < -0.39 is 0 Å². The molecule has 0 amide bonds. The Kier molecular flexibility index (Phi) is 4.45. The molecule has 0 unspecified atom stereocenters. The molecule has 1 heterocycles. The standard InChI is InChI=1S/C19H17N5/c1-19(2)15-6-4-5-7-16(15)24(3)17(19)9-8-13(10-20)18(23)14(11-21)12-22/h4-9H,23H2,1-3H3/b13-8+,17-9-. The molecule has 0 aliphatic carbocycles. The summed E-state index contributed by atoms with van der Waals surface area (Å²) in [6.07, 6.45) is 3.38. The van der Waals surface area contributed by atoms with Gasteiger partial charge in [-0.25, -0.2) is 0 Å². The largest absolute Gasteiger partial charge is 0.396 e. The minimum absolute atomic E-state index is 0.0979. The van der Waals surface area contributed by atoms with Crippen molar-refractivity contribution in [2.45, 2.75) is 19.3 Å². The van der Waals surface area contributed by atoms with Crippen molar-refractivity contribution >= 4 is 5.69 Å². The lowest BCUT2D eigenvalue weighted by Crippen LogP contribution is -2.22. The molecule has 0 fully saturated rings. The molecule has 0 bridgehead atoms. The number of anilines is 1. The van der Waals surface area contributed by atoms with E-state index in [1.54, 1.807) is 18.2 Å². The Bertz CT molecular complexity index is 879. The van der Waals surface area contributed by atoms with Crippen molar-refractivity contribution in [3.05, 3.63) is 64.5 Å². The van der Waals surface area contributed by atoms with Crippen molar-refractivity contribution in [1.29, 1.82) is 15.8 Å². The van der Waals surface area contributed by atoms with Crippen LogP contribution in [-0.2, 0) is 5.41 Å². The molecule has 0 saturated heterocycles. The second-order valence-electron chi connectivity index (χ2n) is 5.96. The predicted octanol–water partition coefficient (Wildman–Crippen LogP) is 3.01. The fourth-order valence-corrected chi connectivity index (χ4v) is 2.93. The first-order valence-electron chi connectivity index (χ1n) is 7.34. The Hall–Kier alpha value is -3.49. The lowest BCUT2D eigenvalue weighted by molar-refractivity contribution is 0.640. The van der Waals surface area contributed by atoms with Gasteiger partial charge in [-0.05, 0) is 23.8 Å². The fraction of sp³-hybridized carbons (Fsp3) is 0.211. The third-order valence-electron chi connectivity index (χ3n) is 4.25. The molecule has 5 heteroatoms. The van der Waals surface area contributed by atoms with Crippen LogP contribution in [0, 0.1) is 34.0 Å². The summed E-state index contributed by atoms with van der Waals surface area (Å²) >= 11 is 0. The van der Waals surface area contributed by atoms with Crippen LogP contribution in [-0.4, -0.2) is 7.05 Å². The van der Waals surface area contributed by atoms with Crippen LogP contribution in [0.4, 0.5) is 5.69 Å². The van der Waals surface area contributed by atoms with Crippen LogP contribution in [0.3, 0.4) is 0 Å². The van der Waals surface area contributed by atoms with Crippen LogP contribution < -0.4 is 10.6 Å². The van der Waals surface area contributed by atoms with Crippen molar-refractivity contribution in [3.63, 3.8) is 0 Å². The molecule has 5 nitrogen and oxygen atoms in total. The first-order chi connectivity index (χ1) is 11.4. The highest BCUT2D eigenvalue weighted by Crippen LogP contribution is 2.46. The average Bonchev–Trinajstić information content (AvgIpc) is 2.77. The van der Waals surface area contributed by atoms with Gasteiger partial charge in [-0.15, -0.1) is 0 Å². The second-order valence-corrected chi connectivity index (χ2v) is 5.96. The lowest BCUT2D eigenvalue weighted by atomic mass is 9.83. The third-order valence-corrected chi connectivity index (χ3v) is 4.25. The molecule has 1 aromatic rings. The van der Waals surface area contributed by atoms with Gasteiger partial charge >= 0.3 is 0 Å². The summed E-state index contributed by atoms with van der Waals surface area (Å²) in [6.45, 7) is 4.21. The summed E-state index contributed by atoms with van der Waals surface area (Å²) in [6, 6.07) is 13.5. The molecule has 2 N–H and O–H groups in total. The van der Waals surface area contributed by atoms with Crippen molar-refractivity contribution in [2.75, 3.05) is 11.9 Å². The van der Waals surface area contributed by atoms with Gasteiger partial charge < -0.3 is 10.6 Å². The van der Waals surface area contributed by atoms with Crippen LogP contribution in [0.15, 0.2) is 59.0 Å². The summed E-state index contributed by atoms with van der Waals surface area (Å²) in [7, 11) is 1.97. The van der Waals surface area contributed by atoms with E-state index >= 15 is 0 Å². The Morgan fingerprint density at radius 3 is 2.29 bits per heavy atom. The van der Waals surface area contributed by atoms with Crippen LogP contribution >= 0.6 is 0 Å². The van der Waals surface area contributed by atoms with Gasteiger partial charge in [-0.2, -0.15) is 15.8 Å². The number of nitrogens with zero attached hydrogens (tertiary/aromatic N) is 4. The van der Waals surface area contributed by atoms with Gasteiger partial charge in [0, 0.05) is 23.8 Å². The first kappa shape index (κ1) is 16.9. The molecule has 0 atom stereocenters. The van der Waals surface area contributed by atoms with Crippen LogP contribution in [0.2, 0.25) is 0 Å². The van der Waals surface area contributed by atoms with Gasteiger partial charge in [-0.1, -0.05) is 32.0 Å². The quantitative estimate of drug-likeness (QED) is 0.668. The zero-order chi connectivity index (χ0) is 17.9. The summed E-state index contributed by atoms with van der Waals surface area (Å²) in [4.78, 5) is 2.07. The SMILES string of the molecule is CN1/C(=C\C=C(/C#N)C(N)=C(C#N)C#N)C(C)(C)c2ccccc21. The first-order valence-corrected chi connectivity index (χ1v) is 7.34. The molecule has 1 aromatic carbocycles. The predicted molar refractivity (Wildman–Crippen MR) is 92.1 cm³/mol. The number of hydrogen-bond acceptors (Lipinski definition) is 5. The second kappa shape index (κ2) is 6.32. The molecule has 0 spiro atoms. The maximum absolute atomic E-state index is 9.29. The summed E-state index contributed by atoms with van der Waals surface area (Å²) in [5.74, 6) is 0. The van der Waals surface area contributed by atoms with E-state index in [1.807, 2.05) is 37.4 Å². The number of benzene rings is 1. The van der Waals surface area contributed by atoms with E-state index in [1.165, 1.54) is 5.56 Å². The molecule has 2 rings (SSSR count). The normalized spacial score (nSPS) is 16.8. The lowest BCUT2D eigenvalue weighted by Gasteiger charge is -2.23. The molecular formula is C19H17N5. The van der Waals surface area contributed by atoms with Gasteiger partial charge in [0.25, 0.3) is 0 Å². The number of nitrogens with two attached hydrogens (primary N) is 1. The fourth-order valence-electron chi connectivity index (χ4n) is 2.93. The molecular weight excluding hydrogens is 298 g/mol. The number of para-hydroxylation sites is 1. The van der Waals surface area contributed by atoms with Crippen molar-refractivity contribution in [2.24, 2.45) is 5.73 Å². The molecule has 0 radical (unpaired) electrons. The Balaban J connectivity index is 2.54. The molecule has 1 aliphatic heterocycles. The van der Waals surface area contributed by atoms with E-state index in [9.17, 15) is 5.26 Å². The van der Waals surface area contributed by atoms with E-state index in [0.717, 1.165) is 11.4 Å². The Morgan fingerprint density at radius 2 is 1.75 bits per heavy atom.